The maximum atomic E-state index is 13.6. The van der Waals surface area contributed by atoms with Gasteiger partial charge in [-0.05, 0) is 70.1 Å². The van der Waals surface area contributed by atoms with E-state index in [4.69, 9.17) is 23.2 Å². The maximum Gasteiger partial charge on any atom is 0.126 e. The van der Waals surface area contributed by atoms with Crippen molar-refractivity contribution in [2.24, 2.45) is 0 Å². The summed E-state index contributed by atoms with van der Waals surface area (Å²) in [7, 11) is 0. The predicted octanol–water partition coefficient (Wildman–Crippen LogP) is 5.01. The monoisotopic (exact) mass is 410 g/mol. The highest BCUT2D eigenvalue weighted by molar-refractivity contribution is 14.1. The van der Waals surface area contributed by atoms with Crippen LogP contribution in [-0.2, 0) is 6.42 Å². The van der Waals surface area contributed by atoms with Crippen LogP contribution in [0.4, 0.5) is 4.39 Å². The van der Waals surface area contributed by atoms with Crippen molar-refractivity contribution >= 4 is 45.8 Å². The zero-order valence-electron chi connectivity index (χ0n) is 9.71. The van der Waals surface area contributed by atoms with Crippen LogP contribution in [0.15, 0.2) is 36.4 Å². The Balaban J connectivity index is 2.27. The topological polar surface area (TPSA) is 20.2 Å². The first-order valence-electron chi connectivity index (χ1n) is 5.54. The van der Waals surface area contributed by atoms with Crippen molar-refractivity contribution in [1.29, 1.82) is 0 Å². The van der Waals surface area contributed by atoms with E-state index >= 15 is 0 Å². The average molecular weight is 411 g/mol. The molecule has 2 aromatic carbocycles. The molecule has 1 N–H and O–H groups in total. The number of aliphatic hydroxyl groups is 1. The van der Waals surface area contributed by atoms with E-state index < -0.39 is 6.10 Å². The minimum Gasteiger partial charge on any atom is -0.388 e. The van der Waals surface area contributed by atoms with E-state index in [1.54, 1.807) is 12.1 Å². The second kappa shape index (κ2) is 6.39. The third-order valence-corrected chi connectivity index (χ3v) is 4.19. The highest BCUT2D eigenvalue weighted by atomic mass is 127. The van der Waals surface area contributed by atoms with Crippen LogP contribution in [0, 0.1) is 9.39 Å². The van der Waals surface area contributed by atoms with Gasteiger partial charge in [0, 0.05) is 20.0 Å². The van der Waals surface area contributed by atoms with Gasteiger partial charge in [0.05, 0.1) is 6.10 Å². The zero-order valence-corrected chi connectivity index (χ0v) is 13.4. The van der Waals surface area contributed by atoms with Gasteiger partial charge in [-0.3, -0.25) is 0 Å². The number of rotatable bonds is 3. The fourth-order valence-corrected chi connectivity index (χ4v) is 2.86. The van der Waals surface area contributed by atoms with Gasteiger partial charge in [0.25, 0.3) is 0 Å². The summed E-state index contributed by atoms with van der Waals surface area (Å²) in [5, 5.41) is 11.2. The van der Waals surface area contributed by atoms with Gasteiger partial charge in [0.15, 0.2) is 0 Å². The molecule has 0 aromatic heterocycles. The second-order valence-electron chi connectivity index (χ2n) is 4.12. The van der Waals surface area contributed by atoms with Crippen LogP contribution in [-0.4, -0.2) is 5.11 Å². The summed E-state index contributed by atoms with van der Waals surface area (Å²) in [6.07, 6.45) is -0.665. The van der Waals surface area contributed by atoms with Crippen LogP contribution < -0.4 is 0 Å². The molecule has 0 saturated heterocycles. The van der Waals surface area contributed by atoms with Crippen molar-refractivity contribution in [2.75, 3.05) is 0 Å². The molecule has 2 aromatic rings. The summed E-state index contributed by atoms with van der Waals surface area (Å²) in [6, 6.07) is 9.56. The molecule has 1 unspecified atom stereocenters. The van der Waals surface area contributed by atoms with E-state index in [-0.39, 0.29) is 12.2 Å². The first-order chi connectivity index (χ1) is 8.97. The van der Waals surface area contributed by atoms with Gasteiger partial charge in [0.1, 0.15) is 5.82 Å². The molecule has 1 atom stereocenters. The molecule has 2 rings (SSSR count). The Morgan fingerprint density at radius 2 is 1.74 bits per heavy atom. The Kier molecular flexibility index (Phi) is 5.06. The molecule has 0 aliphatic rings. The van der Waals surface area contributed by atoms with E-state index in [0.717, 1.165) is 3.57 Å². The zero-order chi connectivity index (χ0) is 14.0. The number of hydrogen-bond acceptors (Lipinski definition) is 1. The lowest BCUT2D eigenvalue weighted by Gasteiger charge is -2.14. The van der Waals surface area contributed by atoms with Crippen molar-refractivity contribution in [2.45, 2.75) is 12.5 Å². The van der Waals surface area contributed by atoms with Crippen molar-refractivity contribution in [1.82, 2.24) is 0 Å². The predicted molar refractivity (Wildman–Crippen MR) is 84.2 cm³/mol. The summed E-state index contributed by atoms with van der Waals surface area (Å²) < 4.78 is 14.5. The fraction of sp³-hybridized carbons (Fsp3) is 0.143. The summed E-state index contributed by atoms with van der Waals surface area (Å²) in [5.74, 6) is -0.375. The quantitative estimate of drug-likeness (QED) is 0.705. The summed E-state index contributed by atoms with van der Waals surface area (Å²) in [6.45, 7) is 0. The minimum absolute atomic E-state index is 0.155. The molecular formula is C14H10Cl2FIO. The second-order valence-corrected chi connectivity index (χ2v) is 6.16. The van der Waals surface area contributed by atoms with Gasteiger partial charge in [-0.15, -0.1) is 0 Å². The normalized spacial score (nSPS) is 12.5. The maximum absolute atomic E-state index is 13.6. The number of hydrogen-bond donors (Lipinski definition) is 1. The van der Waals surface area contributed by atoms with Crippen molar-refractivity contribution < 1.29 is 9.50 Å². The van der Waals surface area contributed by atoms with E-state index in [2.05, 4.69) is 22.6 Å². The highest BCUT2D eigenvalue weighted by Crippen LogP contribution is 2.27. The number of halogens is 4. The lowest BCUT2D eigenvalue weighted by atomic mass is 10.0. The fourth-order valence-electron chi connectivity index (χ4n) is 1.79. The number of benzene rings is 2. The average Bonchev–Trinajstić information content (AvgIpc) is 2.36. The third kappa shape index (κ3) is 3.81. The van der Waals surface area contributed by atoms with Crippen LogP contribution in [0.5, 0.6) is 0 Å². The molecular weight excluding hydrogens is 401 g/mol. The molecule has 0 aliphatic heterocycles. The van der Waals surface area contributed by atoms with E-state index in [0.29, 0.717) is 21.2 Å². The lowest BCUT2D eigenvalue weighted by Crippen LogP contribution is -2.05. The van der Waals surface area contributed by atoms with Crippen LogP contribution in [0.2, 0.25) is 10.0 Å². The van der Waals surface area contributed by atoms with E-state index in [9.17, 15) is 9.50 Å². The van der Waals surface area contributed by atoms with Crippen LogP contribution in [0.1, 0.15) is 17.2 Å². The molecule has 0 bridgehead atoms. The Bertz CT molecular complexity index is 604. The van der Waals surface area contributed by atoms with Gasteiger partial charge in [0.2, 0.25) is 0 Å². The first kappa shape index (κ1) is 15.0. The minimum atomic E-state index is -0.821. The van der Waals surface area contributed by atoms with Gasteiger partial charge in [-0.2, -0.15) is 0 Å². The molecule has 0 heterocycles. The largest absolute Gasteiger partial charge is 0.388 e. The molecule has 0 radical (unpaired) electrons. The van der Waals surface area contributed by atoms with E-state index in [1.165, 1.54) is 18.2 Å². The molecule has 100 valence electrons. The number of aliphatic hydroxyl groups excluding tert-OH is 1. The van der Waals surface area contributed by atoms with Gasteiger partial charge in [-0.1, -0.05) is 23.2 Å². The Morgan fingerprint density at radius 1 is 1.11 bits per heavy atom. The SMILES string of the molecule is OC(Cc1cc(Cl)ccc1F)c1cc(Cl)ccc1I. The molecule has 0 fully saturated rings. The Hall–Kier alpha value is -0.360. The Morgan fingerprint density at radius 3 is 2.47 bits per heavy atom. The van der Waals surface area contributed by atoms with Gasteiger partial charge >= 0.3 is 0 Å². The van der Waals surface area contributed by atoms with Crippen molar-refractivity contribution in [3.63, 3.8) is 0 Å². The highest BCUT2D eigenvalue weighted by Gasteiger charge is 2.15. The first-order valence-corrected chi connectivity index (χ1v) is 7.38. The molecule has 0 amide bonds. The molecule has 0 spiro atoms. The molecule has 1 nitrogen and oxygen atoms in total. The van der Waals surface area contributed by atoms with Gasteiger partial charge in [-0.25, -0.2) is 4.39 Å². The standard InChI is InChI=1S/C14H10Cl2FIO/c15-9-1-3-12(17)8(5-9)6-14(19)11-7-10(16)2-4-13(11)18/h1-5,7,14,19H,6H2. The van der Waals surface area contributed by atoms with Gasteiger partial charge < -0.3 is 5.11 Å². The lowest BCUT2D eigenvalue weighted by molar-refractivity contribution is 0.176. The molecule has 5 heteroatoms. The molecule has 0 aliphatic carbocycles. The third-order valence-electron chi connectivity index (χ3n) is 2.74. The summed E-state index contributed by atoms with van der Waals surface area (Å²) >= 11 is 13.9. The van der Waals surface area contributed by atoms with Crippen molar-refractivity contribution in [3.05, 3.63) is 67.0 Å². The van der Waals surface area contributed by atoms with Crippen LogP contribution in [0.25, 0.3) is 0 Å². The van der Waals surface area contributed by atoms with Crippen LogP contribution >= 0.6 is 45.8 Å². The smallest absolute Gasteiger partial charge is 0.126 e. The molecule has 19 heavy (non-hydrogen) atoms. The van der Waals surface area contributed by atoms with Crippen LogP contribution in [0.3, 0.4) is 0 Å². The summed E-state index contributed by atoms with van der Waals surface area (Å²) in [4.78, 5) is 0. The van der Waals surface area contributed by atoms with E-state index in [1.807, 2.05) is 6.07 Å². The van der Waals surface area contributed by atoms with Crippen molar-refractivity contribution in [3.8, 4) is 0 Å². The Labute approximate surface area is 134 Å². The summed E-state index contributed by atoms with van der Waals surface area (Å²) in [5.41, 5.74) is 1.07. The molecule has 0 saturated carbocycles.